The highest BCUT2D eigenvalue weighted by Gasteiger charge is 2.45. The summed E-state index contributed by atoms with van der Waals surface area (Å²) < 4.78 is 4.81. The number of carboxylic acids is 1. The van der Waals surface area contributed by atoms with Gasteiger partial charge in [-0.1, -0.05) is 0 Å². The number of hydrogen-bond donors (Lipinski definition) is 2. The van der Waals surface area contributed by atoms with Crippen LogP contribution in [0.15, 0.2) is 0 Å². The topological polar surface area (TPSA) is 107 Å². The van der Waals surface area contributed by atoms with Gasteiger partial charge in [0.15, 0.2) is 0 Å². The number of nitrogens with two attached hydrogens (primary N) is 1. The van der Waals surface area contributed by atoms with Gasteiger partial charge in [-0.05, 0) is 20.8 Å². The third-order valence-corrected chi connectivity index (χ3v) is 1.55. The maximum absolute atomic E-state index is 11.4. The number of hydrogen-bond acceptors (Lipinski definition) is 5. The number of rotatable bonds is 4. The molecule has 0 aliphatic heterocycles. The van der Waals surface area contributed by atoms with E-state index in [4.69, 9.17) is 15.6 Å². The average molecular weight is 217 g/mol. The molecule has 0 radical (unpaired) electrons. The number of carboxylic acid groups (broad SMARTS) is 1. The van der Waals surface area contributed by atoms with Gasteiger partial charge in [-0.25, -0.2) is 9.59 Å². The van der Waals surface area contributed by atoms with Crippen LogP contribution in [0.3, 0.4) is 0 Å². The smallest absolute Gasteiger partial charge is 0.338 e. The van der Waals surface area contributed by atoms with Crippen molar-refractivity contribution in [3.05, 3.63) is 0 Å². The molecule has 1 atom stereocenters. The van der Waals surface area contributed by atoms with Crippen LogP contribution in [0.25, 0.3) is 0 Å². The molecule has 15 heavy (non-hydrogen) atoms. The largest absolute Gasteiger partial charge is 0.479 e. The number of carbonyl (C=O) groups excluding carboxylic acids is 2. The van der Waals surface area contributed by atoms with E-state index in [0.29, 0.717) is 0 Å². The first kappa shape index (κ1) is 13.6. The summed E-state index contributed by atoms with van der Waals surface area (Å²) in [4.78, 5) is 32.4. The highest BCUT2D eigenvalue weighted by atomic mass is 16.6. The van der Waals surface area contributed by atoms with Crippen molar-refractivity contribution in [1.82, 2.24) is 0 Å². The van der Waals surface area contributed by atoms with E-state index in [1.54, 1.807) is 20.8 Å². The first-order valence-electron chi connectivity index (χ1n) is 4.33. The van der Waals surface area contributed by atoms with Gasteiger partial charge in [0.2, 0.25) is 5.54 Å². The third-order valence-electron chi connectivity index (χ3n) is 1.55. The van der Waals surface area contributed by atoms with Crippen LogP contribution in [0.5, 0.6) is 0 Å². The van der Waals surface area contributed by atoms with E-state index in [1.165, 1.54) is 0 Å². The molecule has 3 N–H and O–H groups in total. The Balaban J connectivity index is 4.87. The molecule has 0 aromatic carbocycles. The van der Waals surface area contributed by atoms with Gasteiger partial charge in [-0.3, -0.25) is 0 Å². The molecule has 0 bridgehead atoms. The monoisotopic (exact) mass is 217 g/mol. The Morgan fingerprint density at radius 2 is 1.87 bits per heavy atom. The average Bonchev–Trinajstić information content (AvgIpc) is 2.00. The zero-order chi connectivity index (χ0) is 12.3. The lowest BCUT2D eigenvalue weighted by molar-refractivity contribution is -0.169. The summed E-state index contributed by atoms with van der Waals surface area (Å²) in [6, 6.07) is 0. The Morgan fingerprint density at radius 1 is 1.40 bits per heavy atom. The van der Waals surface area contributed by atoms with Crippen LogP contribution in [-0.2, 0) is 19.1 Å². The zero-order valence-electron chi connectivity index (χ0n) is 8.94. The van der Waals surface area contributed by atoms with E-state index < -0.39 is 29.5 Å². The van der Waals surface area contributed by atoms with Gasteiger partial charge in [0, 0.05) is 6.42 Å². The molecule has 0 aromatic heterocycles. The number of aldehydes is 1. The van der Waals surface area contributed by atoms with Crippen LogP contribution in [0.4, 0.5) is 0 Å². The van der Waals surface area contributed by atoms with Crippen molar-refractivity contribution in [2.75, 3.05) is 0 Å². The number of aliphatic carboxylic acids is 1. The SMILES string of the molecule is CC(C)(C)OC(=O)C(N)(CC=O)C(=O)O. The number of esters is 1. The van der Waals surface area contributed by atoms with Gasteiger partial charge in [0.05, 0.1) is 0 Å². The molecule has 0 aliphatic carbocycles. The predicted molar refractivity (Wildman–Crippen MR) is 51.1 cm³/mol. The summed E-state index contributed by atoms with van der Waals surface area (Å²) in [5, 5.41) is 8.75. The minimum atomic E-state index is -2.30. The van der Waals surface area contributed by atoms with Crippen LogP contribution in [0, 0.1) is 0 Å². The van der Waals surface area contributed by atoms with Gasteiger partial charge in [-0.2, -0.15) is 0 Å². The molecule has 86 valence electrons. The van der Waals surface area contributed by atoms with Gasteiger partial charge in [0.25, 0.3) is 0 Å². The lowest BCUT2D eigenvalue weighted by Crippen LogP contribution is -2.57. The molecule has 0 spiro atoms. The molecule has 0 aliphatic rings. The lowest BCUT2D eigenvalue weighted by atomic mass is 9.97. The molecule has 0 fully saturated rings. The fourth-order valence-electron chi connectivity index (χ4n) is 0.759. The summed E-state index contributed by atoms with van der Waals surface area (Å²) >= 11 is 0. The van der Waals surface area contributed by atoms with Crippen LogP contribution in [0.1, 0.15) is 27.2 Å². The minimum Gasteiger partial charge on any atom is -0.479 e. The second-order valence-corrected chi connectivity index (χ2v) is 4.15. The van der Waals surface area contributed by atoms with E-state index in [-0.39, 0.29) is 6.29 Å². The van der Waals surface area contributed by atoms with Crippen LogP contribution in [0.2, 0.25) is 0 Å². The number of ether oxygens (including phenoxy) is 1. The maximum Gasteiger partial charge on any atom is 0.338 e. The van der Waals surface area contributed by atoms with Gasteiger partial charge in [-0.15, -0.1) is 0 Å². The van der Waals surface area contributed by atoms with E-state index >= 15 is 0 Å². The Bertz CT molecular complexity index is 281. The fraction of sp³-hybridized carbons (Fsp3) is 0.667. The van der Waals surface area contributed by atoms with Crippen molar-refractivity contribution < 1.29 is 24.2 Å². The first-order valence-corrected chi connectivity index (χ1v) is 4.33. The zero-order valence-corrected chi connectivity index (χ0v) is 8.94. The van der Waals surface area contributed by atoms with Crippen LogP contribution in [-0.4, -0.2) is 34.5 Å². The first-order chi connectivity index (χ1) is 6.63. The van der Waals surface area contributed by atoms with Crippen LogP contribution < -0.4 is 5.73 Å². The summed E-state index contributed by atoms with van der Waals surface area (Å²) in [5.41, 5.74) is 2.15. The van der Waals surface area contributed by atoms with E-state index in [9.17, 15) is 14.4 Å². The quantitative estimate of drug-likeness (QED) is 0.380. The van der Waals surface area contributed by atoms with Crippen molar-refractivity contribution in [3.8, 4) is 0 Å². The van der Waals surface area contributed by atoms with E-state index in [0.717, 1.165) is 0 Å². The molecule has 0 heterocycles. The molecule has 0 rings (SSSR count). The van der Waals surface area contributed by atoms with Gasteiger partial charge in [0.1, 0.15) is 11.9 Å². The normalized spacial score (nSPS) is 15.2. The summed E-state index contributed by atoms with van der Waals surface area (Å²) in [6.07, 6.45) is -0.338. The molecule has 0 saturated carbocycles. The molecular weight excluding hydrogens is 202 g/mol. The standard InChI is InChI=1S/C9H15NO5/c1-8(2,3)15-7(14)9(10,4-5-11)6(12)13/h5H,4,10H2,1-3H3,(H,12,13). The molecular formula is C9H15NO5. The Kier molecular flexibility index (Phi) is 3.97. The Labute approximate surface area is 87.4 Å². The van der Waals surface area contributed by atoms with E-state index in [1.807, 2.05) is 0 Å². The summed E-state index contributed by atoms with van der Waals surface area (Å²) in [6.45, 7) is 4.73. The van der Waals surface area contributed by atoms with Gasteiger partial charge >= 0.3 is 11.9 Å². The van der Waals surface area contributed by atoms with Crippen molar-refractivity contribution in [2.24, 2.45) is 5.73 Å². The van der Waals surface area contributed by atoms with Gasteiger partial charge < -0.3 is 20.4 Å². The van der Waals surface area contributed by atoms with E-state index in [2.05, 4.69) is 0 Å². The minimum absolute atomic E-state index is 0.276. The third kappa shape index (κ3) is 3.67. The number of carbonyl (C=O) groups is 3. The summed E-state index contributed by atoms with van der Waals surface area (Å²) in [7, 11) is 0. The predicted octanol–water partition coefficient (Wildman–Crippen LogP) is -0.301. The molecule has 1 unspecified atom stereocenters. The highest BCUT2D eigenvalue weighted by Crippen LogP contribution is 2.15. The second-order valence-electron chi connectivity index (χ2n) is 4.15. The second kappa shape index (κ2) is 4.39. The lowest BCUT2D eigenvalue weighted by Gasteiger charge is -2.26. The molecule has 0 saturated heterocycles. The van der Waals surface area contributed by atoms with Crippen LogP contribution >= 0.6 is 0 Å². The Hall–Kier alpha value is -1.43. The Morgan fingerprint density at radius 3 is 2.13 bits per heavy atom. The fourth-order valence-corrected chi connectivity index (χ4v) is 0.759. The molecule has 6 nitrogen and oxygen atoms in total. The maximum atomic E-state index is 11.4. The highest BCUT2D eigenvalue weighted by molar-refractivity contribution is 6.05. The molecule has 0 aromatic rings. The van der Waals surface area contributed by atoms with Crippen molar-refractivity contribution in [2.45, 2.75) is 38.3 Å². The van der Waals surface area contributed by atoms with Crippen molar-refractivity contribution >= 4 is 18.2 Å². The molecule has 0 amide bonds. The summed E-state index contributed by atoms with van der Waals surface area (Å²) in [5.74, 6) is -2.70. The molecule has 6 heteroatoms. The van der Waals surface area contributed by atoms with Crippen molar-refractivity contribution in [3.63, 3.8) is 0 Å². The van der Waals surface area contributed by atoms with Crippen molar-refractivity contribution in [1.29, 1.82) is 0 Å².